The summed E-state index contributed by atoms with van der Waals surface area (Å²) in [6.07, 6.45) is 0. The van der Waals surface area contributed by atoms with Crippen molar-refractivity contribution >= 4 is 44.8 Å². The number of thiophene rings is 1. The molecule has 2 aromatic rings. The molecular formula is C14H13BrClNOS. The summed E-state index contributed by atoms with van der Waals surface area (Å²) in [7, 11) is 1.81. The van der Waals surface area contributed by atoms with E-state index in [1.165, 1.54) is 11.3 Å². The van der Waals surface area contributed by atoms with E-state index in [0.717, 1.165) is 19.8 Å². The molecule has 0 spiro atoms. The van der Waals surface area contributed by atoms with Gasteiger partial charge in [-0.05, 0) is 52.2 Å². The number of halogens is 2. The van der Waals surface area contributed by atoms with E-state index in [9.17, 15) is 4.79 Å². The fourth-order valence-electron chi connectivity index (χ4n) is 1.69. The highest BCUT2D eigenvalue weighted by atomic mass is 79.9. The summed E-state index contributed by atoms with van der Waals surface area (Å²) in [6, 6.07) is 9.45. The Kier molecular flexibility index (Phi) is 4.66. The lowest BCUT2D eigenvalue weighted by molar-refractivity contribution is 0.0790. The van der Waals surface area contributed by atoms with Crippen molar-refractivity contribution < 1.29 is 4.79 Å². The second kappa shape index (κ2) is 6.07. The molecule has 0 N–H and O–H groups in total. The predicted molar refractivity (Wildman–Crippen MR) is 84.0 cm³/mol. The van der Waals surface area contributed by atoms with Crippen LogP contribution in [0.25, 0.3) is 0 Å². The Bertz CT molecular complexity index is 574. The summed E-state index contributed by atoms with van der Waals surface area (Å²) in [6.45, 7) is 2.56. The topological polar surface area (TPSA) is 20.3 Å². The van der Waals surface area contributed by atoms with Gasteiger partial charge in [0.25, 0.3) is 5.91 Å². The van der Waals surface area contributed by atoms with Gasteiger partial charge in [-0.3, -0.25) is 4.79 Å². The third-order valence-corrected chi connectivity index (χ3v) is 5.12. The minimum atomic E-state index is 0.0359. The van der Waals surface area contributed by atoms with Gasteiger partial charge < -0.3 is 4.90 Å². The standard InChI is InChI=1S/C14H13BrClNOS/c1-9-7-12(19-13(9)15)14(18)17(2)8-10-3-5-11(16)6-4-10/h3-7H,8H2,1-2H3. The monoisotopic (exact) mass is 357 g/mol. The molecule has 1 aromatic heterocycles. The molecule has 1 aromatic carbocycles. The summed E-state index contributed by atoms with van der Waals surface area (Å²) in [4.78, 5) is 14.7. The van der Waals surface area contributed by atoms with Crippen molar-refractivity contribution in [2.45, 2.75) is 13.5 Å². The zero-order valence-electron chi connectivity index (χ0n) is 10.6. The Morgan fingerprint density at radius 3 is 2.53 bits per heavy atom. The number of hydrogen-bond acceptors (Lipinski definition) is 2. The molecule has 0 aliphatic heterocycles. The lowest BCUT2D eigenvalue weighted by Crippen LogP contribution is -2.25. The molecule has 5 heteroatoms. The van der Waals surface area contributed by atoms with Crippen molar-refractivity contribution in [2.24, 2.45) is 0 Å². The molecule has 19 heavy (non-hydrogen) atoms. The maximum atomic E-state index is 12.3. The number of rotatable bonds is 3. The number of carbonyl (C=O) groups excluding carboxylic acids is 1. The minimum Gasteiger partial charge on any atom is -0.337 e. The second-order valence-electron chi connectivity index (χ2n) is 4.36. The largest absolute Gasteiger partial charge is 0.337 e. The summed E-state index contributed by atoms with van der Waals surface area (Å²) in [5.74, 6) is 0.0359. The van der Waals surface area contributed by atoms with E-state index in [1.807, 2.05) is 37.3 Å². The first-order chi connectivity index (χ1) is 8.97. The van der Waals surface area contributed by atoms with Gasteiger partial charge in [-0.2, -0.15) is 0 Å². The zero-order chi connectivity index (χ0) is 14.0. The quantitative estimate of drug-likeness (QED) is 0.775. The Morgan fingerprint density at radius 2 is 2.00 bits per heavy atom. The first-order valence-corrected chi connectivity index (χ1v) is 7.72. The van der Waals surface area contributed by atoms with Gasteiger partial charge in [0.2, 0.25) is 0 Å². The minimum absolute atomic E-state index is 0.0359. The smallest absolute Gasteiger partial charge is 0.264 e. The average molecular weight is 359 g/mol. The van der Waals surface area contributed by atoms with Crippen LogP contribution in [0.4, 0.5) is 0 Å². The van der Waals surface area contributed by atoms with Crippen LogP contribution in [0.1, 0.15) is 20.8 Å². The van der Waals surface area contributed by atoms with Crippen LogP contribution in [0.2, 0.25) is 5.02 Å². The molecule has 0 bridgehead atoms. The van der Waals surface area contributed by atoms with Crippen LogP contribution < -0.4 is 0 Å². The highest BCUT2D eigenvalue weighted by molar-refractivity contribution is 9.11. The van der Waals surface area contributed by atoms with Crippen molar-refractivity contribution in [3.05, 3.63) is 55.1 Å². The van der Waals surface area contributed by atoms with Gasteiger partial charge >= 0.3 is 0 Å². The molecule has 2 nitrogen and oxygen atoms in total. The fourth-order valence-corrected chi connectivity index (χ4v) is 3.34. The fraction of sp³-hybridized carbons (Fsp3) is 0.214. The van der Waals surface area contributed by atoms with E-state index in [-0.39, 0.29) is 5.91 Å². The van der Waals surface area contributed by atoms with E-state index in [4.69, 9.17) is 11.6 Å². The highest BCUT2D eigenvalue weighted by Crippen LogP contribution is 2.28. The maximum absolute atomic E-state index is 12.3. The Labute approximate surface area is 130 Å². The molecule has 0 saturated heterocycles. The number of carbonyl (C=O) groups is 1. The number of nitrogens with zero attached hydrogens (tertiary/aromatic N) is 1. The summed E-state index contributed by atoms with van der Waals surface area (Å²) in [5, 5.41) is 0.704. The van der Waals surface area contributed by atoms with Crippen LogP contribution in [0.15, 0.2) is 34.1 Å². The van der Waals surface area contributed by atoms with Crippen molar-refractivity contribution in [3.63, 3.8) is 0 Å². The van der Waals surface area contributed by atoms with E-state index in [1.54, 1.807) is 11.9 Å². The van der Waals surface area contributed by atoms with Crippen LogP contribution in [-0.2, 0) is 6.54 Å². The van der Waals surface area contributed by atoms with Crippen molar-refractivity contribution in [3.8, 4) is 0 Å². The molecule has 0 aliphatic carbocycles. The van der Waals surface area contributed by atoms with E-state index >= 15 is 0 Å². The predicted octanol–water partition coefficient (Wildman–Crippen LogP) is 4.74. The lowest BCUT2D eigenvalue weighted by Gasteiger charge is -2.16. The second-order valence-corrected chi connectivity index (χ2v) is 7.16. The molecule has 0 aliphatic rings. The number of amides is 1. The average Bonchev–Trinajstić information content (AvgIpc) is 2.71. The van der Waals surface area contributed by atoms with Gasteiger partial charge in [-0.15, -0.1) is 11.3 Å². The zero-order valence-corrected chi connectivity index (χ0v) is 13.8. The van der Waals surface area contributed by atoms with Crippen LogP contribution >= 0.6 is 38.9 Å². The van der Waals surface area contributed by atoms with Gasteiger partial charge in [0.1, 0.15) is 0 Å². The molecule has 0 fully saturated rings. The molecule has 0 unspecified atom stereocenters. The molecule has 0 radical (unpaired) electrons. The van der Waals surface area contributed by atoms with E-state index < -0.39 is 0 Å². The van der Waals surface area contributed by atoms with Gasteiger partial charge in [0, 0.05) is 18.6 Å². The summed E-state index contributed by atoms with van der Waals surface area (Å²) >= 11 is 10.8. The molecule has 1 amide bonds. The third kappa shape index (κ3) is 3.59. The first-order valence-electron chi connectivity index (χ1n) is 5.73. The Balaban J connectivity index is 2.09. The molecule has 2 rings (SSSR count). The summed E-state index contributed by atoms with van der Waals surface area (Å²) in [5.41, 5.74) is 2.15. The highest BCUT2D eigenvalue weighted by Gasteiger charge is 2.15. The normalized spacial score (nSPS) is 10.5. The van der Waals surface area contributed by atoms with Crippen LogP contribution in [0, 0.1) is 6.92 Å². The Hall–Kier alpha value is -0.840. The molecule has 0 atom stereocenters. The van der Waals surface area contributed by atoms with Crippen molar-refractivity contribution in [1.29, 1.82) is 0 Å². The van der Waals surface area contributed by atoms with Crippen LogP contribution in [0.3, 0.4) is 0 Å². The number of aryl methyl sites for hydroxylation is 1. The van der Waals surface area contributed by atoms with Gasteiger partial charge in [0.05, 0.1) is 8.66 Å². The van der Waals surface area contributed by atoms with Crippen molar-refractivity contribution in [2.75, 3.05) is 7.05 Å². The molecule has 1 heterocycles. The van der Waals surface area contributed by atoms with Crippen LogP contribution in [-0.4, -0.2) is 17.9 Å². The van der Waals surface area contributed by atoms with E-state index in [0.29, 0.717) is 11.6 Å². The van der Waals surface area contributed by atoms with Gasteiger partial charge in [-0.25, -0.2) is 0 Å². The first kappa shape index (κ1) is 14.6. The van der Waals surface area contributed by atoms with Gasteiger partial charge in [0.15, 0.2) is 0 Å². The SMILES string of the molecule is Cc1cc(C(=O)N(C)Cc2ccc(Cl)cc2)sc1Br. The molecule has 0 saturated carbocycles. The lowest BCUT2D eigenvalue weighted by atomic mass is 10.2. The maximum Gasteiger partial charge on any atom is 0.264 e. The third-order valence-electron chi connectivity index (χ3n) is 2.75. The molecular weight excluding hydrogens is 346 g/mol. The molecule has 100 valence electrons. The Morgan fingerprint density at radius 1 is 1.37 bits per heavy atom. The van der Waals surface area contributed by atoms with Crippen LogP contribution in [0.5, 0.6) is 0 Å². The summed E-state index contributed by atoms with van der Waals surface area (Å²) < 4.78 is 1.01. The van der Waals surface area contributed by atoms with Crippen molar-refractivity contribution in [1.82, 2.24) is 4.90 Å². The number of hydrogen-bond donors (Lipinski definition) is 0. The number of benzene rings is 1. The van der Waals surface area contributed by atoms with E-state index in [2.05, 4.69) is 15.9 Å². The van der Waals surface area contributed by atoms with Gasteiger partial charge in [-0.1, -0.05) is 23.7 Å².